The molecule has 2 aliphatic rings. The molecule has 10 N–H and O–H groups in total. The van der Waals surface area contributed by atoms with Crippen LogP contribution in [0.25, 0.3) is 0 Å². The molecule has 0 aromatic heterocycles. The van der Waals surface area contributed by atoms with Crippen LogP contribution in [0.3, 0.4) is 0 Å². The van der Waals surface area contributed by atoms with Crippen LogP contribution < -0.4 is 31.9 Å². The summed E-state index contributed by atoms with van der Waals surface area (Å²) in [4.78, 5) is 70.1. The van der Waals surface area contributed by atoms with E-state index in [1.54, 1.807) is 30.3 Å². The lowest BCUT2D eigenvalue weighted by Gasteiger charge is -2.14. The van der Waals surface area contributed by atoms with Crippen molar-refractivity contribution < 1.29 is 49.2 Å². The number of nitrogens with one attached hydrogen (secondary N) is 6. The molecule has 0 aliphatic carbocycles. The molecular formula is C26H32Cl2N8O10. The number of aromatic hydroxyl groups is 2. The molecule has 0 spiro atoms. The molecule has 250 valence electrons. The van der Waals surface area contributed by atoms with E-state index in [1.807, 2.05) is 20.8 Å². The van der Waals surface area contributed by atoms with E-state index in [-0.39, 0.29) is 11.5 Å². The summed E-state index contributed by atoms with van der Waals surface area (Å²) in [7, 11) is 0. The van der Waals surface area contributed by atoms with Crippen molar-refractivity contribution in [3.05, 3.63) is 57.1 Å². The van der Waals surface area contributed by atoms with E-state index in [0.29, 0.717) is 14.8 Å². The molecule has 2 aromatic carbocycles. The second-order valence-electron chi connectivity index (χ2n) is 9.38. The molecule has 0 saturated carbocycles. The monoisotopic (exact) mass is 686 g/mol. The van der Waals surface area contributed by atoms with E-state index in [4.69, 9.17) is 43.6 Å². The van der Waals surface area contributed by atoms with Gasteiger partial charge in [-0.05, 0) is 67.8 Å². The fourth-order valence-electron chi connectivity index (χ4n) is 3.62. The third-order valence-electron chi connectivity index (χ3n) is 5.95. The van der Waals surface area contributed by atoms with E-state index < -0.39 is 68.4 Å². The molecule has 20 heteroatoms. The van der Waals surface area contributed by atoms with Crippen LogP contribution in [0.5, 0.6) is 11.5 Å². The fourth-order valence-corrected chi connectivity index (χ4v) is 3.85. The Morgan fingerprint density at radius 2 is 1.15 bits per heavy atom. The first-order chi connectivity index (χ1) is 21.6. The van der Waals surface area contributed by atoms with Crippen molar-refractivity contribution in [3.63, 3.8) is 0 Å². The van der Waals surface area contributed by atoms with Crippen molar-refractivity contribution in [1.29, 1.82) is 0 Å². The first-order valence-corrected chi connectivity index (χ1v) is 13.8. The fraction of sp³-hybridized carbons (Fsp3) is 0.308. The number of benzene rings is 2. The lowest BCUT2D eigenvalue weighted by Crippen LogP contribution is -2.55. The van der Waals surface area contributed by atoms with Gasteiger partial charge in [-0.15, -0.1) is 0 Å². The van der Waals surface area contributed by atoms with Crippen LogP contribution in [0.4, 0.5) is 19.2 Å². The molecule has 2 aromatic rings. The van der Waals surface area contributed by atoms with Gasteiger partial charge in [0.2, 0.25) is 0 Å². The predicted octanol–water partition coefficient (Wildman–Crippen LogP) is 0.214. The van der Waals surface area contributed by atoms with Gasteiger partial charge < -0.3 is 52.3 Å². The molecular weight excluding hydrogens is 655 g/mol. The Hall–Kier alpha value is -5.04. The third-order valence-corrected chi connectivity index (χ3v) is 6.97. The highest BCUT2D eigenvalue weighted by atomic mass is 35.5. The van der Waals surface area contributed by atoms with Gasteiger partial charge in [0.25, 0.3) is 11.8 Å². The van der Waals surface area contributed by atoms with Gasteiger partial charge in [-0.2, -0.15) is 0 Å². The third kappa shape index (κ3) is 10.3. The molecule has 18 nitrogen and oxygen atoms in total. The molecule has 2 heterocycles. The smallest absolute Gasteiger partial charge is 0.328 e. The number of hydrogen-bond acceptors (Lipinski definition) is 10. The summed E-state index contributed by atoms with van der Waals surface area (Å²) in [6.45, 7) is 3.45. The normalized spacial score (nSPS) is 16.8. The zero-order valence-electron chi connectivity index (χ0n) is 24.6. The number of phenols is 2. The van der Waals surface area contributed by atoms with Crippen molar-refractivity contribution in [2.24, 2.45) is 0 Å². The number of aliphatic hydroxyl groups excluding tert-OH is 2. The molecule has 0 radical (unpaired) electrons. The molecule has 2 saturated heterocycles. The number of aryl methyl sites for hydroxylation is 3. The van der Waals surface area contributed by atoms with E-state index in [9.17, 15) is 28.8 Å². The largest absolute Gasteiger partial charge is 0.508 e. The highest BCUT2D eigenvalue weighted by Crippen LogP contribution is 2.24. The summed E-state index contributed by atoms with van der Waals surface area (Å²) in [6.07, 6.45) is -2.76. The summed E-state index contributed by atoms with van der Waals surface area (Å²) in [5, 5.41) is 49.7. The number of carbonyl (C=O) groups is 6. The molecule has 4 rings (SSSR count). The average Bonchev–Trinajstić information content (AvgIpc) is 3.41. The number of imide groups is 2. The van der Waals surface area contributed by atoms with Gasteiger partial charge in [-0.3, -0.25) is 9.59 Å². The number of urea groups is 4. The molecule has 2 unspecified atom stereocenters. The summed E-state index contributed by atoms with van der Waals surface area (Å²) in [5.74, 6) is -1.20. The maximum absolute atomic E-state index is 11.6. The lowest BCUT2D eigenvalue weighted by atomic mass is 10.1. The summed E-state index contributed by atoms with van der Waals surface area (Å²) in [6, 6.07) is 4.54. The Morgan fingerprint density at radius 3 is 1.50 bits per heavy atom. The van der Waals surface area contributed by atoms with Crippen molar-refractivity contribution >= 4 is 59.1 Å². The molecule has 2 atom stereocenters. The Labute approximate surface area is 271 Å². The van der Waals surface area contributed by atoms with Crippen LogP contribution in [0.2, 0.25) is 10.0 Å². The molecule has 46 heavy (non-hydrogen) atoms. The van der Waals surface area contributed by atoms with Crippen LogP contribution in [-0.2, 0) is 9.59 Å². The van der Waals surface area contributed by atoms with E-state index >= 15 is 0 Å². The minimum absolute atomic E-state index is 0.261. The summed E-state index contributed by atoms with van der Waals surface area (Å²) in [5.41, 5.74) is 2.73. The van der Waals surface area contributed by atoms with Crippen LogP contribution in [0.1, 0.15) is 16.7 Å². The van der Waals surface area contributed by atoms with Gasteiger partial charge in [0.1, 0.15) is 25.0 Å². The lowest BCUT2D eigenvalue weighted by molar-refractivity contribution is -0.131. The highest BCUT2D eigenvalue weighted by molar-refractivity contribution is 6.32. The number of halogens is 2. The first kappa shape index (κ1) is 37.1. The summed E-state index contributed by atoms with van der Waals surface area (Å²) < 4.78 is 0. The molecule has 0 bridgehead atoms. The van der Waals surface area contributed by atoms with Crippen LogP contribution >= 0.6 is 23.2 Å². The van der Waals surface area contributed by atoms with Gasteiger partial charge in [-0.1, -0.05) is 23.2 Å². The molecule has 2 fully saturated rings. The second kappa shape index (κ2) is 16.9. The quantitative estimate of drug-likeness (QED) is 0.146. The summed E-state index contributed by atoms with van der Waals surface area (Å²) >= 11 is 11.5. The number of aliphatic hydroxyl groups is 2. The van der Waals surface area contributed by atoms with E-state index in [2.05, 4.69) is 31.9 Å². The minimum Gasteiger partial charge on any atom is -0.508 e. The zero-order chi connectivity index (χ0) is 34.7. The average molecular weight is 687 g/mol. The number of phenolic OH excluding ortho intramolecular Hbond substituents is 2. The minimum atomic E-state index is -1.38. The van der Waals surface area contributed by atoms with Crippen molar-refractivity contribution in [2.45, 2.75) is 33.1 Å². The SMILES string of the molecule is Cc1cc(O)cc(C)c1Cl.Cc1cc(O)ccc1Cl.O=C(NCNC(=O)NC1NC(=O)N(CO)C1=O)NC1NC(=O)N(CO)C1=O. The van der Waals surface area contributed by atoms with Crippen LogP contribution in [-0.4, -0.2) is 98.6 Å². The van der Waals surface area contributed by atoms with Gasteiger partial charge in [0, 0.05) is 10.0 Å². The maximum atomic E-state index is 11.6. The maximum Gasteiger partial charge on any atom is 0.328 e. The first-order valence-electron chi connectivity index (χ1n) is 13.0. The van der Waals surface area contributed by atoms with Crippen LogP contribution in [0, 0.1) is 20.8 Å². The van der Waals surface area contributed by atoms with Crippen LogP contribution in [0.15, 0.2) is 30.3 Å². The number of nitrogens with zero attached hydrogens (tertiary/aromatic N) is 2. The van der Waals surface area contributed by atoms with Crippen molar-refractivity contribution in [3.8, 4) is 11.5 Å². The Kier molecular flexibility index (Phi) is 13.6. The van der Waals surface area contributed by atoms with E-state index in [1.165, 1.54) is 0 Å². The zero-order valence-corrected chi connectivity index (χ0v) is 26.1. The molecule has 2 aliphatic heterocycles. The number of rotatable bonds is 6. The number of carbonyl (C=O) groups excluding carboxylic acids is 6. The van der Waals surface area contributed by atoms with Gasteiger partial charge in [0.15, 0.2) is 12.3 Å². The van der Waals surface area contributed by atoms with Crippen molar-refractivity contribution in [1.82, 2.24) is 41.7 Å². The topological polar surface area (TPSA) is 262 Å². The highest BCUT2D eigenvalue weighted by Gasteiger charge is 2.39. The number of amides is 10. The van der Waals surface area contributed by atoms with Crippen molar-refractivity contribution in [2.75, 3.05) is 20.1 Å². The van der Waals surface area contributed by atoms with E-state index in [0.717, 1.165) is 21.7 Å². The Morgan fingerprint density at radius 1 is 0.739 bits per heavy atom. The number of hydrogen-bond donors (Lipinski definition) is 10. The standard InChI is InChI=1S/C11H16N8O8.C8H9ClO.C7H7ClO/c20-2-18-6(22)4(16-10(18)26)14-8(24)12-1-13-9(25)15-5-7(23)19(3-21)11(27)17-5;1-5-3-7(10)4-6(2)8(5)9;1-5-4-6(9)2-3-7(5)8/h4-5,20-21H,1-3H2,(H,16,26)(H,17,27)(H2,12,14,24)(H2,13,15,25);3-4,10H,1-2H3;2-4,9H,1H3. The Bertz CT molecular complexity index is 1420. The second-order valence-corrected chi connectivity index (χ2v) is 10.2. The van der Waals surface area contributed by atoms with Gasteiger partial charge in [-0.25, -0.2) is 29.0 Å². The van der Waals surface area contributed by atoms with Gasteiger partial charge >= 0.3 is 24.1 Å². The van der Waals surface area contributed by atoms with Gasteiger partial charge in [0.05, 0.1) is 6.67 Å². The molecule has 10 amide bonds. The Balaban J connectivity index is 0.000000313. The predicted molar refractivity (Wildman–Crippen MR) is 161 cm³/mol.